The van der Waals surface area contributed by atoms with Crippen molar-refractivity contribution >= 4 is 17.7 Å². The zero-order chi connectivity index (χ0) is 23.2. The fourth-order valence-electron chi connectivity index (χ4n) is 2.93. The number of hydrogen-bond donors (Lipinski definition) is 8. The van der Waals surface area contributed by atoms with Gasteiger partial charge in [-0.2, -0.15) is 0 Å². The van der Waals surface area contributed by atoms with Gasteiger partial charge in [-0.05, 0) is 26.2 Å². The summed E-state index contributed by atoms with van der Waals surface area (Å²) in [6.07, 6.45) is -5.69. The molecule has 0 bridgehead atoms. The molecule has 0 aromatic heterocycles. The first-order chi connectivity index (χ1) is 13.9. The van der Waals surface area contributed by atoms with Crippen molar-refractivity contribution in [2.45, 2.75) is 82.9 Å². The van der Waals surface area contributed by atoms with Gasteiger partial charge in [0.1, 0.15) is 36.4 Å². The molecule has 1 aliphatic rings. The molecule has 0 aromatic carbocycles. The van der Waals surface area contributed by atoms with Gasteiger partial charge >= 0.3 is 0 Å². The molecule has 0 radical (unpaired) electrons. The largest absolute Gasteiger partial charge is 0.394 e. The van der Waals surface area contributed by atoms with Crippen molar-refractivity contribution in [1.29, 1.82) is 0 Å². The molecule has 12 heteroatoms. The molecular weight excluding hydrogens is 400 g/mol. The van der Waals surface area contributed by atoms with Gasteiger partial charge in [-0.3, -0.25) is 14.4 Å². The number of aliphatic hydroxyl groups is 4. The number of nitrogens with two attached hydrogens (primary N) is 1. The summed E-state index contributed by atoms with van der Waals surface area (Å²) >= 11 is 0. The van der Waals surface area contributed by atoms with Crippen LogP contribution in [0.3, 0.4) is 0 Å². The third-order valence-electron chi connectivity index (χ3n) is 4.71. The van der Waals surface area contributed by atoms with Crippen molar-refractivity contribution in [2.24, 2.45) is 11.7 Å². The lowest BCUT2D eigenvalue weighted by Crippen LogP contribution is -2.65. The van der Waals surface area contributed by atoms with E-state index in [0.29, 0.717) is 6.42 Å². The number of nitrogens with one attached hydrogen (secondary N) is 3. The molecule has 1 aliphatic heterocycles. The maximum absolute atomic E-state index is 12.6. The lowest BCUT2D eigenvalue weighted by Gasteiger charge is -2.40. The molecule has 174 valence electrons. The maximum atomic E-state index is 12.6. The number of amides is 3. The van der Waals surface area contributed by atoms with E-state index >= 15 is 0 Å². The average molecular weight is 434 g/mol. The molecule has 0 aliphatic carbocycles. The van der Waals surface area contributed by atoms with Crippen molar-refractivity contribution in [3.05, 3.63) is 0 Å². The highest BCUT2D eigenvalue weighted by molar-refractivity contribution is 5.92. The Hall–Kier alpha value is -1.83. The molecule has 30 heavy (non-hydrogen) atoms. The zero-order valence-corrected chi connectivity index (χ0v) is 17.6. The summed E-state index contributed by atoms with van der Waals surface area (Å²) in [5, 5.41) is 46.3. The second-order valence-electron chi connectivity index (χ2n) is 7.97. The summed E-state index contributed by atoms with van der Waals surface area (Å²) in [6, 6.07) is -4.18. The summed E-state index contributed by atoms with van der Waals surface area (Å²) in [5.74, 6) is -1.79. The van der Waals surface area contributed by atoms with Crippen LogP contribution < -0.4 is 21.7 Å². The Morgan fingerprint density at radius 2 is 1.57 bits per heavy atom. The van der Waals surface area contributed by atoms with E-state index in [-0.39, 0.29) is 5.92 Å². The molecule has 9 N–H and O–H groups in total. The standard InChI is InChI=1S/C18H34N4O8/c1-7(2)5-10(21-15(26)8(3)19)17(28)20-9(4)16(27)22-12-14(25)13(24)11(6-23)30-18(12)29/h7-14,18,23-25,29H,5-6,19H2,1-4H3,(H,20,28)(H,21,26)(H,22,27). The highest BCUT2D eigenvalue weighted by Crippen LogP contribution is 2.19. The summed E-state index contributed by atoms with van der Waals surface area (Å²) in [6.45, 7) is 5.96. The van der Waals surface area contributed by atoms with Crippen molar-refractivity contribution < 1.29 is 39.5 Å². The number of hydrogen-bond acceptors (Lipinski definition) is 9. The maximum Gasteiger partial charge on any atom is 0.243 e. The summed E-state index contributed by atoms with van der Waals surface area (Å²) in [4.78, 5) is 36.9. The first-order valence-electron chi connectivity index (χ1n) is 9.86. The van der Waals surface area contributed by atoms with Crippen molar-refractivity contribution in [3.63, 3.8) is 0 Å². The molecule has 1 heterocycles. The highest BCUT2D eigenvalue weighted by Gasteiger charge is 2.44. The van der Waals surface area contributed by atoms with Gasteiger partial charge in [0.15, 0.2) is 6.29 Å². The van der Waals surface area contributed by atoms with Gasteiger partial charge in [0, 0.05) is 0 Å². The zero-order valence-electron chi connectivity index (χ0n) is 17.6. The van der Waals surface area contributed by atoms with Crippen LogP contribution in [0.1, 0.15) is 34.1 Å². The van der Waals surface area contributed by atoms with Crippen LogP contribution in [0, 0.1) is 5.92 Å². The van der Waals surface area contributed by atoms with Gasteiger partial charge in [0.05, 0.1) is 12.6 Å². The topological polar surface area (TPSA) is 203 Å². The lowest BCUT2D eigenvalue weighted by molar-refractivity contribution is -0.253. The van der Waals surface area contributed by atoms with Gasteiger partial charge in [-0.25, -0.2) is 0 Å². The molecular formula is C18H34N4O8. The van der Waals surface area contributed by atoms with Crippen LogP contribution >= 0.6 is 0 Å². The highest BCUT2D eigenvalue weighted by atomic mass is 16.6. The number of aliphatic hydroxyl groups excluding tert-OH is 4. The minimum Gasteiger partial charge on any atom is -0.394 e. The molecule has 1 saturated heterocycles. The summed E-state index contributed by atoms with van der Waals surface area (Å²) < 4.78 is 4.97. The van der Waals surface area contributed by atoms with Crippen LogP contribution in [0.15, 0.2) is 0 Å². The molecule has 8 atom stereocenters. The molecule has 1 rings (SSSR count). The molecule has 8 unspecified atom stereocenters. The quantitative estimate of drug-likeness (QED) is 0.179. The molecule has 12 nitrogen and oxygen atoms in total. The molecule has 0 spiro atoms. The SMILES string of the molecule is CC(C)CC(NC(=O)C(C)N)C(=O)NC(C)C(=O)NC1C(O)OC(CO)C(O)C1O. The van der Waals surface area contributed by atoms with Crippen LogP contribution in [0.2, 0.25) is 0 Å². The Morgan fingerprint density at radius 3 is 2.07 bits per heavy atom. The van der Waals surface area contributed by atoms with Crippen LogP contribution in [0.25, 0.3) is 0 Å². The van der Waals surface area contributed by atoms with E-state index in [2.05, 4.69) is 16.0 Å². The molecule has 1 fully saturated rings. The molecule has 0 aromatic rings. The van der Waals surface area contributed by atoms with Gasteiger partial charge in [0.2, 0.25) is 17.7 Å². The summed E-state index contributed by atoms with van der Waals surface area (Å²) in [7, 11) is 0. The van der Waals surface area contributed by atoms with Crippen LogP contribution in [-0.4, -0.2) is 93.5 Å². The van der Waals surface area contributed by atoms with E-state index in [1.807, 2.05) is 13.8 Å². The van der Waals surface area contributed by atoms with Crippen LogP contribution in [-0.2, 0) is 19.1 Å². The third-order valence-corrected chi connectivity index (χ3v) is 4.71. The molecule has 0 saturated carbocycles. The minimum atomic E-state index is -1.67. The third kappa shape index (κ3) is 7.15. The Bertz CT molecular complexity index is 603. The van der Waals surface area contributed by atoms with Crippen LogP contribution in [0.4, 0.5) is 0 Å². The fraction of sp³-hybridized carbons (Fsp3) is 0.833. The number of ether oxygens (including phenoxy) is 1. The fourth-order valence-corrected chi connectivity index (χ4v) is 2.93. The smallest absolute Gasteiger partial charge is 0.243 e. The predicted molar refractivity (Wildman–Crippen MR) is 105 cm³/mol. The van der Waals surface area contributed by atoms with E-state index < -0.39 is 73.1 Å². The summed E-state index contributed by atoms with van der Waals surface area (Å²) in [5.41, 5.74) is 5.52. The number of carbonyl (C=O) groups excluding carboxylic acids is 3. The number of carbonyl (C=O) groups is 3. The average Bonchev–Trinajstić information content (AvgIpc) is 2.66. The first-order valence-corrected chi connectivity index (χ1v) is 9.86. The van der Waals surface area contributed by atoms with Crippen LogP contribution in [0.5, 0.6) is 0 Å². The second-order valence-corrected chi connectivity index (χ2v) is 7.97. The van der Waals surface area contributed by atoms with E-state index in [0.717, 1.165) is 0 Å². The van der Waals surface area contributed by atoms with E-state index in [9.17, 15) is 29.7 Å². The van der Waals surface area contributed by atoms with Gasteiger partial charge < -0.3 is 46.8 Å². The van der Waals surface area contributed by atoms with Gasteiger partial charge in [-0.15, -0.1) is 0 Å². The normalized spacial score (nSPS) is 29.6. The number of rotatable bonds is 9. The Morgan fingerprint density at radius 1 is 0.967 bits per heavy atom. The van der Waals surface area contributed by atoms with E-state index in [1.165, 1.54) is 13.8 Å². The minimum absolute atomic E-state index is 0.0731. The van der Waals surface area contributed by atoms with E-state index in [1.54, 1.807) is 0 Å². The monoisotopic (exact) mass is 434 g/mol. The second kappa shape index (κ2) is 11.5. The van der Waals surface area contributed by atoms with Gasteiger partial charge in [0.25, 0.3) is 0 Å². The van der Waals surface area contributed by atoms with Crippen molar-refractivity contribution in [1.82, 2.24) is 16.0 Å². The lowest BCUT2D eigenvalue weighted by atomic mass is 9.97. The Balaban J connectivity index is 2.74. The van der Waals surface area contributed by atoms with Gasteiger partial charge in [-0.1, -0.05) is 13.8 Å². The van der Waals surface area contributed by atoms with Crippen molar-refractivity contribution in [3.8, 4) is 0 Å². The van der Waals surface area contributed by atoms with E-state index in [4.69, 9.17) is 15.6 Å². The Labute approximate surface area is 175 Å². The Kier molecular flexibility index (Phi) is 10.1. The van der Waals surface area contributed by atoms with Crippen molar-refractivity contribution in [2.75, 3.05) is 6.61 Å². The molecule has 3 amide bonds. The first kappa shape index (κ1) is 26.2. The predicted octanol–water partition coefficient (Wildman–Crippen LogP) is -3.71.